The fourth-order valence-corrected chi connectivity index (χ4v) is 7.07. The second kappa shape index (κ2) is 11.1. The first-order chi connectivity index (χ1) is 20.8. The predicted molar refractivity (Wildman–Crippen MR) is 166 cm³/mol. The van der Waals surface area contributed by atoms with Crippen molar-refractivity contribution in [3.8, 4) is 17.2 Å². The highest BCUT2D eigenvalue weighted by Gasteiger charge is 2.43. The minimum Gasteiger partial charge on any atom is -0.494 e. The van der Waals surface area contributed by atoms with Gasteiger partial charge in [0.1, 0.15) is 34.6 Å². The quantitative estimate of drug-likeness (QED) is 0.342. The van der Waals surface area contributed by atoms with Crippen molar-refractivity contribution in [2.24, 2.45) is 5.92 Å². The number of nitrogens with one attached hydrogen (secondary N) is 1. The summed E-state index contributed by atoms with van der Waals surface area (Å²) in [7, 11) is 1.67. The van der Waals surface area contributed by atoms with Crippen molar-refractivity contribution in [3.05, 3.63) is 65.4 Å². The van der Waals surface area contributed by atoms with Gasteiger partial charge in [-0.15, -0.1) is 0 Å². The molecule has 3 atom stereocenters. The van der Waals surface area contributed by atoms with Crippen LogP contribution in [0.5, 0.6) is 17.2 Å². The molecule has 7 rings (SSSR count). The molecule has 1 aliphatic carbocycles. The Kier molecular flexibility index (Phi) is 7.20. The third-order valence-corrected chi connectivity index (χ3v) is 9.39. The number of piperidine rings is 1. The topological polar surface area (TPSA) is 85.5 Å². The summed E-state index contributed by atoms with van der Waals surface area (Å²) in [5.74, 6) is 3.28. The number of fused-ring (bicyclic) bond motifs is 2. The van der Waals surface area contributed by atoms with Crippen molar-refractivity contribution in [1.82, 2.24) is 15.2 Å². The normalized spacial score (nSPS) is 25.0. The highest BCUT2D eigenvalue weighted by molar-refractivity contribution is 5.97. The van der Waals surface area contributed by atoms with Crippen LogP contribution in [0.3, 0.4) is 0 Å². The first kappa shape index (κ1) is 28.0. The lowest BCUT2D eigenvalue weighted by atomic mass is 9.87. The molecule has 226 valence electrons. The average molecular weight is 584 g/mol. The number of carbonyl (C=O) groups is 1. The van der Waals surface area contributed by atoms with E-state index in [1.54, 1.807) is 7.11 Å². The molecule has 1 N–H and O–H groups in total. The molecule has 43 heavy (non-hydrogen) atoms. The third kappa shape index (κ3) is 5.42. The van der Waals surface area contributed by atoms with Crippen LogP contribution in [0.1, 0.15) is 80.4 Å². The first-order valence-electron chi connectivity index (χ1n) is 15.7. The molecule has 8 heteroatoms. The molecule has 8 nitrogen and oxygen atoms in total. The summed E-state index contributed by atoms with van der Waals surface area (Å²) in [6, 6.07) is 14.1. The number of hydrogen-bond donors (Lipinski definition) is 1. The van der Waals surface area contributed by atoms with Crippen LogP contribution in [0.15, 0.2) is 48.5 Å². The van der Waals surface area contributed by atoms with Crippen LogP contribution in [-0.4, -0.2) is 60.5 Å². The fourth-order valence-electron chi connectivity index (χ4n) is 7.07. The van der Waals surface area contributed by atoms with Gasteiger partial charge in [0.15, 0.2) is 5.72 Å². The highest BCUT2D eigenvalue weighted by Crippen LogP contribution is 2.44. The number of benzene rings is 2. The van der Waals surface area contributed by atoms with Crippen LogP contribution in [0.4, 0.5) is 0 Å². The van der Waals surface area contributed by atoms with E-state index in [0.29, 0.717) is 49.2 Å². The fraction of sp³-hybridized carbons (Fsp3) is 0.486. The highest BCUT2D eigenvalue weighted by atomic mass is 16.6. The molecule has 1 spiro atoms. The molecule has 2 aromatic carbocycles. The number of amides is 1. The van der Waals surface area contributed by atoms with Crippen molar-refractivity contribution >= 4 is 22.5 Å². The van der Waals surface area contributed by atoms with E-state index in [-0.39, 0.29) is 18.1 Å². The molecule has 2 saturated heterocycles. The summed E-state index contributed by atoms with van der Waals surface area (Å²) < 4.78 is 23.8. The van der Waals surface area contributed by atoms with Gasteiger partial charge in [-0.3, -0.25) is 4.79 Å². The number of hydrogen-bond acceptors (Lipinski definition) is 7. The summed E-state index contributed by atoms with van der Waals surface area (Å²) in [6.07, 6.45) is 7.17. The lowest BCUT2D eigenvalue weighted by molar-refractivity contribution is -0.0148. The second-order valence-corrected chi connectivity index (χ2v) is 12.8. The minimum absolute atomic E-state index is 0.0385. The van der Waals surface area contributed by atoms with Crippen LogP contribution in [0.2, 0.25) is 0 Å². The van der Waals surface area contributed by atoms with E-state index < -0.39 is 5.72 Å². The first-order valence-corrected chi connectivity index (χ1v) is 15.7. The van der Waals surface area contributed by atoms with E-state index in [0.717, 1.165) is 46.7 Å². The summed E-state index contributed by atoms with van der Waals surface area (Å²) in [5, 5.41) is 4.79. The number of likely N-dealkylation sites (tertiary alicyclic amines) is 1. The predicted octanol–water partition coefficient (Wildman–Crippen LogP) is 6.29. The SMILES string of the molecule is COc1cccc2c(C3CCCC3C)cc(C(=O)N3CCC4(CC3)N/C(=C\C3CO3)c3cc(OC(C)C)ccc3O4)nc12. The van der Waals surface area contributed by atoms with Gasteiger partial charge >= 0.3 is 0 Å². The van der Waals surface area contributed by atoms with Crippen LogP contribution in [-0.2, 0) is 4.74 Å². The molecule has 4 heterocycles. The van der Waals surface area contributed by atoms with Crippen molar-refractivity contribution in [2.75, 3.05) is 26.8 Å². The number of methoxy groups -OCH3 is 1. The van der Waals surface area contributed by atoms with E-state index in [1.165, 1.54) is 18.4 Å². The Balaban J connectivity index is 1.15. The lowest BCUT2D eigenvalue weighted by Crippen LogP contribution is -2.59. The Hall–Kier alpha value is -3.78. The van der Waals surface area contributed by atoms with E-state index >= 15 is 0 Å². The number of rotatable bonds is 6. The number of aromatic nitrogens is 1. The smallest absolute Gasteiger partial charge is 0.272 e. The summed E-state index contributed by atoms with van der Waals surface area (Å²) in [5.41, 5.74) is 3.85. The number of pyridine rings is 1. The van der Waals surface area contributed by atoms with E-state index in [1.807, 2.05) is 49.1 Å². The molecule has 3 unspecified atom stereocenters. The number of epoxide rings is 1. The van der Waals surface area contributed by atoms with Crippen molar-refractivity contribution in [1.29, 1.82) is 0 Å². The molecule has 0 radical (unpaired) electrons. The number of para-hydroxylation sites is 1. The molecule has 1 saturated carbocycles. The molecule has 3 aromatic rings. The van der Waals surface area contributed by atoms with E-state index in [4.69, 9.17) is 23.9 Å². The maximum absolute atomic E-state index is 14.0. The van der Waals surface area contributed by atoms with Crippen LogP contribution >= 0.6 is 0 Å². The molecule has 1 aromatic heterocycles. The average Bonchev–Trinajstić information content (AvgIpc) is 3.72. The van der Waals surface area contributed by atoms with Gasteiger partial charge in [-0.05, 0) is 74.1 Å². The zero-order chi connectivity index (χ0) is 29.7. The van der Waals surface area contributed by atoms with E-state index in [9.17, 15) is 4.79 Å². The molecule has 1 amide bonds. The Labute approximate surface area is 253 Å². The van der Waals surface area contributed by atoms with Gasteiger partial charge in [0.05, 0.1) is 19.8 Å². The van der Waals surface area contributed by atoms with Gasteiger partial charge in [0.25, 0.3) is 5.91 Å². The standard InChI is InChI=1S/C35H41N3O5/c1-21(2)42-23-11-12-31-28(17-23)29(18-24-20-41-24)37-35(43-31)13-15-38(16-14-35)34(39)30-19-27(25-8-5-7-22(25)3)26-9-6-10-32(40-4)33(26)36-30/h6,9-12,17-19,21-22,24-25,37H,5,7-8,13-16,20H2,1-4H3/b29-18-. The van der Waals surface area contributed by atoms with Gasteiger partial charge in [-0.2, -0.15) is 0 Å². The molecule has 3 fully saturated rings. The Bertz CT molecular complexity index is 1570. The van der Waals surface area contributed by atoms with Crippen molar-refractivity contribution in [2.45, 2.75) is 76.7 Å². The number of nitrogens with zero attached hydrogens (tertiary/aromatic N) is 2. The molecule has 0 bridgehead atoms. The van der Waals surface area contributed by atoms with Crippen LogP contribution in [0.25, 0.3) is 16.6 Å². The van der Waals surface area contributed by atoms with Crippen molar-refractivity contribution < 1.29 is 23.7 Å². The van der Waals surface area contributed by atoms with Crippen molar-refractivity contribution in [3.63, 3.8) is 0 Å². The zero-order valence-corrected chi connectivity index (χ0v) is 25.5. The number of carbonyl (C=O) groups excluding carboxylic acids is 1. The largest absolute Gasteiger partial charge is 0.494 e. The van der Waals surface area contributed by atoms with Crippen LogP contribution in [0, 0.1) is 5.92 Å². The third-order valence-electron chi connectivity index (χ3n) is 9.39. The number of ether oxygens (including phenoxy) is 4. The molecule has 4 aliphatic rings. The monoisotopic (exact) mass is 583 g/mol. The second-order valence-electron chi connectivity index (χ2n) is 12.8. The Morgan fingerprint density at radius 1 is 1.16 bits per heavy atom. The molecular formula is C35H41N3O5. The van der Waals surface area contributed by atoms with Gasteiger partial charge in [0, 0.05) is 42.6 Å². The van der Waals surface area contributed by atoms with Gasteiger partial charge in [-0.25, -0.2) is 4.98 Å². The zero-order valence-electron chi connectivity index (χ0n) is 25.5. The van der Waals surface area contributed by atoms with Crippen LogP contribution < -0.4 is 19.5 Å². The molecular weight excluding hydrogens is 542 g/mol. The summed E-state index contributed by atoms with van der Waals surface area (Å²) in [4.78, 5) is 20.8. The summed E-state index contributed by atoms with van der Waals surface area (Å²) in [6.45, 7) is 8.21. The maximum Gasteiger partial charge on any atom is 0.272 e. The van der Waals surface area contributed by atoms with E-state index in [2.05, 4.69) is 30.4 Å². The van der Waals surface area contributed by atoms with Gasteiger partial charge < -0.3 is 29.2 Å². The Morgan fingerprint density at radius 2 is 1.98 bits per heavy atom. The minimum atomic E-state index is -0.602. The van der Waals surface area contributed by atoms with Gasteiger partial charge in [0.2, 0.25) is 0 Å². The molecule has 3 aliphatic heterocycles. The summed E-state index contributed by atoms with van der Waals surface area (Å²) >= 11 is 0. The maximum atomic E-state index is 14.0. The Morgan fingerprint density at radius 3 is 2.67 bits per heavy atom. The lowest BCUT2D eigenvalue weighted by Gasteiger charge is -2.46. The van der Waals surface area contributed by atoms with Gasteiger partial charge in [-0.1, -0.05) is 31.9 Å².